The molecule has 138 valence electrons. The van der Waals surface area contributed by atoms with E-state index in [-0.39, 0.29) is 0 Å². The second-order valence-corrected chi connectivity index (χ2v) is 7.65. The summed E-state index contributed by atoms with van der Waals surface area (Å²) in [5, 5.41) is 16.3. The molecule has 1 aromatic rings. The minimum absolute atomic E-state index is 0.588. The molecule has 24 heavy (non-hydrogen) atoms. The molecule has 0 radical (unpaired) electrons. The molecular formula is C16H32N6S2. The number of hydrogen-bond acceptors (Lipinski definition) is 5. The number of hydrogen-bond donors (Lipinski definition) is 2. The maximum absolute atomic E-state index is 4.64. The van der Waals surface area contributed by atoms with Crippen molar-refractivity contribution in [3.05, 3.63) is 5.82 Å². The standard InChI is InChI=1S/C16H32N6S2/c1-6-17-15(19-10-11-23-4)18-9-7-8-14-20-21-16(24-5)22(14)12-13(2)3/h13H,6-12H2,1-5H3,(H2,17,18,19). The largest absolute Gasteiger partial charge is 0.357 e. The monoisotopic (exact) mass is 372 g/mol. The van der Waals surface area contributed by atoms with Crippen molar-refractivity contribution < 1.29 is 0 Å². The minimum Gasteiger partial charge on any atom is -0.357 e. The molecular weight excluding hydrogens is 340 g/mol. The first-order valence-corrected chi connectivity index (χ1v) is 11.2. The van der Waals surface area contributed by atoms with Crippen molar-refractivity contribution in [2.75, 3.05) is 37.9 Å². The van der Waals surface area contributed by atoms with Gasteiger partial charge >= 0.3 is 0 Å². The predicted molar refractivity (Wildman–Crippen MR) is 107 cm³/mol. The molecule has 0 amide bonds. The molecule has 8 heteroatoms. The Kier molecular flexibility index (Phi) is 11.0. The summed E-state index contributed by atoms with van der Waals surface area (Å²) in [5.41, 5.74) is 0. The van der Waals surface area contributed by atoms with Crippen LogP contribution in [0.15, 0.2) is 10.1 Å². The van der Waals surface area contributed by atoms with Crippen molar-refractivity contribution in [2.45, 2.75) is 45.3 Å². The Morgan fingerprint density at radius 2 is 2.04 bits per heavy atom. The van der Waals surface area contributed by atoms with Crippen LogP contribution in [0.3, 0.4) is 0 Å². The summed E-state index contributed by atoms with van der Waals surface area (Å²) < 4.78 is 2.25. The van der Waals surface area contributed by atoms with E-state index >= 15 is 0 Å². The summed E-state index contributed by atoms with van der Waals surface area (Å²) in [4.78, 5) is 4.64. The van der Waals surface area contributed by atoms with Gasteiger partial charge in [0.05, 0.1) is 0 Å². The van der Waals surface area contributed by atoms with Gasteiger partial charge in [-0.2, -0.15) is 11.8 Å². The molecule has 0 aliphatic carbocycles. The molecule has 1 aromatic heterocycles. The molecule has 1 rings (SSSR count). The van der Waals surface area contributed by atoms with E-state index in [1.54, 1.807) is 11.8 Å². The van der Waals surface area contributed by atoms with Crippen molar-refractivity contribution in [3.8, 4) is 0 Å². The Labute approximate surface area is 155 Å². The molecule has 0 fully saturated rings. The molecule has 0 saturated heterocycles. The number of nitrogens with zero attached hydrogens (tertiary/aromatic N) is 4. The van der Waals surface area contributed by atoms with E-state index in [2.05, 4.69) is 63.7 Å². The number of thioether (sulfide) groups is 2. The van der Waals surface area contributed by atoms with E-state index in [4.69, 9.17) is 0 Å². The van der Waals surface area contributed by atoms with Gasteiger partial charge in [0.2, 0.25) is 0 Å². The normalized spacial score (nSPS) is 12.0. The van der Waals surface area contributed by atoms with Gasteiger partial charge in [0, 0.05) is 38.4 Å². The van der Waals surface area contributed by atoms with E-state index in [1.807, 2.05) is 11.8 Å². The van der Waals surface area contributed by atoms with Crippen LogP contribution < -0.4 is 10.6 Å². The van der Waals surface area contributed by atoms with Crippen LogP contribution in [0, 0.1) is 5.92 Å². The predicted octanol–water partition coefficient (Wildman–Crippen LogP) is 2.51. The lowest BCUT2D eigenvalue weighted by molar-refractivity contribution is 0.477. The highest BCUT2D eigenvalue weighted by molar-refractivity contribution is 7.98. The molecule has 0 aromatic carbocycles. The fourth-order valence-corrected chi connectivity index (χ4v) is 3.07. The molecule has 0 bridgehead atoms. The third-order valence-corrected chi connectivity index (χ3v) is 4.57. The summed E-state index contributed by atoms with van der Waals surface area (Å²) in [6.45, 7) is 10.1. The Morgan fingerprint density at radius 3 is 2.67 bits per heavy atom. The Morgan fingerprint density at radius 1 is 1.25 bits per heavy atom. The van der Waals surface area contributed by atoms with Crippen LogP contribution in [-0.4, -0.2) is 58.6 Å². The van der Waals surface area contributed by atoms with Crippen LogP contribution in [0.25, 0.3) is 0 Å². The van der Waals surface area contributed by atoms with Gasteiger partial charge < -0.3 is 15.2 Å². The summed E-state index contributed by atoms with van der Waals surface area (Å²) in [7, 11) is 0. The highest BCUT2D eigenvalue weighted by Crippen LogP contribution is 2.16. The molecule has 1 heterocycles. The lowest BCUT2D eigenvalue weighted by Crippen LogP contribution is -2.38. The highest BCUT2D eigenvalue weighted by Gasteiger charge is 2.12. The van der Waals surface area contributed by atoms with Gasteiger partial charge in [0.1, 0.15) is 5.82 Å². The maximum Gasteiger partial charge on any atom is 0.191 e. The second kappa shape index (κ2) is 12.5. The zero-order chi connectivity index (χ0) is 17.8. The van der Waals surface area contributed by atoms with E-state index in [1.165, 1.54) is 0 Å². The smallest absolute Gasteiger partial charge is 0.191 e. The lowest BCUT2D eigenvalue weighted by Gasteiger charge is -2.12. The minimum atomic E-state index is 0.588. The third-order valence-electron chi connectivity index (χ3n) is 3.30. The highest BCUT2D eigenvalue weighted by atomic mass is 32.2. The molecule has 2 N–H and O–H groups in total. The summed E-state index contributed by atoms with van der Waals surface area (Å²) in [6, 6.07) is 0. The Hall–Kier alpha value is -0.890. The first-order valence-electron chi connectivity index (χ1n) is 8.59. The summed E-state index contributed by atoms with van der Waals surface area (Å²) in [6.07, 6.45) is 6.05. The third kappa shape index (κ3) is 7.79. The summed E-state index contributed by atoms with van der Waals surface area (Å²) in [5.74, 6) is 3.65. The Bertz CT molecular complexity index is 487. The van der Waals surface area contributed by atoms with Crippen molar-refractivity contribution in [1.29, 1.82) is 0 Å². The van der Waals surface area contributed by atoms with Gasteiger partial charge in [-0.05, 0) is 31.8 Å². The second-order valence-electron chi connectivity index (χ2n) is 5.89. The van der Waals surface area contributed by atoms with E-state index < -0.39 is 0 Å². The quantitative estimate of drug-likeness (QED) is 0.269. The van der Waals surface area contributed by atoms with Crippen molar-refractivity contribution in [1.82, 2.24) is 25.4 Å². The zero-order valence-electron chi connectivity index (χ0n) is 15.6. The van der Waals surface area contributed by atoms with Crippen molar-refractivity contribution in [3.63, 3.8) is 0 Å². The van der Waals surface area contributed by atoms with Crippen LogP contribution in [0.4, 0.5) is 0 Å². The van der Waals surface area contributed by atoms with Gasteiger partial charge in [-0.25, -0.2) is 0 Å². The number of aryl methyl sites for hydroxylation is 1. The van der Waals surface area contributed by atoms with Gasteiger partial charge in [-0.3, -0.25) is 4.99 Å². The molecule has 0 unspecified atom stereocenters. The molecule has 0 aliphatic rings. The summed E-state index contributed by atoms with van der Waals surface area (Å²) >= 11 is 3.49. The SMILES string of the molecule is CCNC(=NCCCc1nnc(SC)n1CC(C)C)NCCSC. The van der Waals surface area contributed by atoms with Crippen LogP contribution >= 0.6 is 23.5 Å². The van der Waals surface area contributed by atoms with E-state index in [0.29, 0.717) is 5.92 Å². The maximum atomic E-state index is 4.64. The number of aliphatic imine (C=N–C) groups is 1. The van der Waals surface area contributed by atoms with Crippen LogP contribution in [-0.2, 0) is 13.0 Å². The lowest BCUT2D eigenvalue weighted by atomic mass is 10.2. The number of aromatic nitrogens is 3. The molecule has 0 saturated carbocycles. The van der Waals surface area contributed by atoms with Gasteiger partial charge in [-0.15, -0.1) is 10.2 Å². The number of guanidine groups is 1. The molecule has 6 nitrogen and oxygen atoms in total. The number of rotatable bonds is 11. The van der Waals surface area contributed by atoms with Crippen LogP contribution in [0.1, 0.15) is 33.0 Å². The first-order chi connectivity index (χ1) is 11.6. The van der Waals surface area contributed by atoms with Crippen molar-refractivity contribution in [2.24, 2.45) is 10.9 Å². The fraction of sp³-hybridized carbons (Fsp3) is 0.812. The molecule has 0 atom stereocenters. The topological polar surface area (TPSA) is 67.1 Å². The average molecular weight is 373 g/mol. The van der Waals surface area contributed by atoms with Gasteiger partial charge in [0.25, 0.3) is 0 Å². The van der Waals surface area contributed by atoms with Crippen LogP contribution in [0.2, 0.25) is 0 Å². The van der Waals surface area contributed by atoms with Gasteiger partial charge in [0.15, 0.2) is 11.1 Å². The van der Waals surface area contributed by atoms with E-state index in [9.17, 15) is 0 Å². The zero-order valence-corrected chi connectivity index (χ0v) is 17.3. The van der Waals surface area contributed by atoms with Crippen molar-refractivity contribution >= 4 is 29.5 Å². The fourth-order valence-electron chi connectivity index (χ4n) is 2.24. The molecule has 0 spiro atoms. The number of nitrogens with one attached hydrogen (secondary N) is 2. The first kappa shape index (κ1) is 21.2. The molecule has 0 aliphatic heterocycles. The van der Waals surface area contributed by atoms with E-state index in [0.717, 1.165) is 61.7 Å². The average Bonchev–Trinajstić information content (AvgIpc) is 2.93. The Balaban J connectivity index is 2.53. The van der Waals surface area contributed by atoms with Crippen LogP contribution in [0.5, 0.6) is 0 Å². The van der Waals surface area contributed by atoms with Gasteiger partial charge in [-0.1, -0.05) is 25.6 Å².